The maximum atomic E-state index is 12.4. The van der Waals surface area contributed by atoms with Gasteiger partial charge < -0.3 is 5.32 Å². The van der Waals surface area contributed by atoms with E-state index in [1.165, 1.54) is 12.8 Å². The lowest BCUT2D eigenvalue weighted by molar-refractivity contribution is -0.121. The van der Waals surface area contributed by atoms with Crippen LogP contribution >= 0.6 is 11.6 Å². The average Bonchev–Trinajstić information content (AvgIpc) is 2.42. The quantitative estimate of drug-likeness (QED) is 0.922. The van der Waals surface area contributed by atoms with Gasteiger partial charge in [0.15, 0.2) is 0 Å². The Morgan fingerprint density at radius 2 is 2.25 bits per heavy atom. The number of rotatable bonds is 3. The van der Waals surface area contributed by atoms with E-state index in [0.717, 1.165) is 24.3 Å². The maximum Gasteiger partial charge on any atom is 0.241 e. The lowest BCUT2D eigenvalue weighted by Gasteiger charge is -2.34. The molecule has 1 aromatic rings. The van der Waals surface area contributed by atoms with Gasteiger partial charge in [-0.15, -0.1) is 0 Å². The van der Waals surface area contributed by atoms with Crippen molar-refractivity contribution in [1.82, 2.24) is 4.90 Å². The highest BCUT2D eigenvalue weighted by Gasteiger charge is 2.25. The number of nitrogens with zero attached hydrogens (tertiary/aromatic N) is 1. The molecule has 1 amide bonds. The molecule has 110 valence electrons. The summed E-state index contributed by atoms with van der Waals surface area (Å²) in [4.78, 5) is 14.7. The van der Waals surface area contributed by atoms with Crippen LogP contribution < -0.4 is 5.32 Å². The molecule has 0 unspecified atom stereocenters. The van der Waals surface area contributed by atoms with E-state index in [2.05, 4.69) is 17.1 Å². The monoisotopic (exact) mass is 294 g/mol. The first-order valence-electron chi connectivity index (χ1n) is 7.28. The molecule has 0 spiro atoms. The molecule has 4 heteroatoms. The average molecular weight is 295 g/mol. The molecule has 0 radical (unpaired) electrons. The fourth-order valence-corrected chi connectivity index (χ4v) is 2.88. The molecule has 1 aromatic carbocycles. The van der Waals surface area contributed by atoms with Gasteiger partial charge in [0.1, 0.15) is 0 Å². The van der Waals surface area contributed by atoms with E-state index < -0.39 is 0 Å². The molecule has 1 saturated heterocycles. The van der Waals surface area contributed by atoms with Gasteiger partial charge >= 0.3 is 0 Å². The third-order valence-electron chi connectivity index (χ3n) is 4.07. The number of hydrogen-bond donors (Lipinski definition) is 1. The van der Waals surface area contributed by atoms with Crippen molar-refractivity contribution >= 4 is 23.2 Å². The van der Waals surface area contributed by atoms with Crippen molar-refractivity contribution in [2.24, 2.45) is 5.92 Å². The minimum atomic E-state index is -0.101. The predicted molar refractivity (Wildman–Crippen MR) is 84.3 cm³/mol. The number of nitrogens with one attached hydrogen (secondary N) is 1. The first-order chi connectivity index (χ1) is 9.47. The van der Waals surface area contributed by atoms with Crippen molar-refractivity contribution in [3.8, 4) is 0 Å². The van der Waals surface area contributed by atoms with E-state index in [9.17, 15) is 4.79 Å². The van der Waals surface area contributed by atoms with Crippen LogP contribution in [-0.4, -0.2) is 29.9 Å². The van der Waals surface area contributed by atoms with Crippen molar-refractivity contribution in [3.05, 3.63) is 28.8 Å². The zero-order chi connectivity index (χ0) is 14.7. The largest absolute Gasteiger partial charge is 0.324 e. The molecule has 0 bridgehead atoms. The van der Waals surface area contributed by atoms with E-state index in [-0.39, 0.29) is 11.9 Å². The number of carbonyl (C=O) groups excluding carboxylic acids is 1. The Labute approximate surface area is 126 Å². The molecule has 3 nitrogen and oxygen atoms in total. The highest BCUT2D eigenvalue weighted by atomic mass is 35.5. The topological polar surface area (TPSA) is 32.3 Å². The van der Waals surface area contributed by atoms with Crippen molar-refractivity contribution in [1.29, 1.82) is 0 Å². The van der Waals surface area contributed by atoms with Crippen LogP contribution in [-0.2, 0) is 4.79 Å². The smallest absolute Gasteiger partial charge is 0.241 e. The molecule has 2 atom stereocenters. The standard InChI is InChI=1S/C16H23ClN2O/c1-11-5-4-8-19(10-11)13(3)16(20)18-15-9-14(17)7-6-12(15)2/h6-7,9,11,13H,4-5,8,10H2,1-3H3,(H,18,20)/t11-,13-/m0/s1. The van der Waals surface area contributed by atoms with Gasteiger partial charge in [0.2, 0.25) is 5.91 Å². The Balaban J connectivity index is 2.02. The summed E-state index contributed by atoms with van der Waals surface area (Å²) >= 11 is 5.99. The van der Waals surface area contributed by atoms with Gasteiger partial charge in [-0.2, -0.15) is 0 Å². The van der Waals surface area contributed by atoms with Crippen LogP contribution in [0.15, 0.2) is 18.2 Å². The number of halogens is 1. The zero-order valence-electron chi connectivity index (χ0n) is 12.4. The first-order valence-corrected chi connectivity index (χ1v) is 7.66. The second kappa shape index (κ2) is 6.59. The number of piperidine rings is 1. The summed E-state index contributed by atoms with van der Waals surface area (Å²) in [6.07, 6.45) is 2.44. The lowest BCUT2D eigenvalue weighted by atomic mass is 9.99. The summed E-state index contributed by atoms with van der Waals surface area (Å²) in [5.41, 5.74) is 1.83. The van der Waals surface area contributed by atoms with Crippen LogP contribution in [0.2, 0.25) is 5.02 Å². The highest BCUT2D eigenvalue weighted by Crippen LogP contribution is 2.22. The number of likely N-dealkylation sites (tertiary alicyclic amines) is 1. The summed E-state index contributed by atoms with van der Waals surface area (Å²) in [5, 5.41) is 3.64. The summed E-state index contributed by atoms with van der Waals surface area (Å²) in [5.74, 6) is 0.719. The van der Waals surface area contributed by atoms with Crippen LogP contribution in [0.25, 0.3) is 0 Å². The van der Waals surface area contributed by atoms with Crippen molar-refractivity contribution in [3.63, 3.8) is 0 Å². The van der Waals surface area contributed by atoms with Gasteiger partial charge in [-0.05, 0) is 56.8 Å². The Morgan fingerprint density at radius 1 is 1.50 bits per heavy atom. The second-order valence-corrected chi connectivity index (χ2v) is 6.30. The minimum Gasteiger partial charge on any atom is -0.324 e. The summed E-state index contributed by atoms with van der Waals surface area (Å²) in [7, 11) is 0. The van der Waals surface area contributed by atoms with Crippen LogP contribution in [0.1, 0.15) is 32.3 Å². The molecule has 0 aliphatic carbocycles. The molecular formula is C16H23ClN2O. The fraction of sp³-hybridized carbons (Fsp3) is 0.562. The lowest BCUT2D eigenvalue weighted by Crippen LogP contribution is -2.46. The summed E-state index contributed by atoms with van der Waals surface area (Å²) < 4.78 is 0. The second-order valence-electron chi connectivity index (χ2n) is 5.87. The molecular weight excluding hydrogens is 272 g/mol. The first kappa shape index (κ1) is 15.3. The maximum absolute atomic E-state index is 12.4. The van der Waals surface area contributed by atoms with E-state index in [1.807, 2.05) is 26.0 Å². The summed E-state index contributed by atoms with van der Waals surface area (Å²) in [6.45, 7) is 8.21. The third-order valence-corrected chi connectivity index (χ3v) is 4.31. The van der Waals surface area contributed by atoms with Gasteiger partial charge in [0.25, 0.3) is 0 Å². The Morgan fingerprint density at radius 3 is 2.95 bits per heavy atom. The summed E-state index contributed by atoms with van der Waals surface area (Å²) in [6, 6.07) is 5.46. The van der Waals surface area contributed by atoms with Crippen molar-refractivity contribution in [2.45, 2.75) is 39.7 Å². The molecule has 1 N–H and O–H groups in total. The molecule has 1 aliphatic heterocycles. The molecule has 2 rings (SSSR count). The third kappa shape index (κ3) is 3.74. The molecule has 0 saturated carbocycles. The fourth-order valence-electron chi connectivity index (χ4n) is 2.71. The Bertz CT molecular complexity index is 489. The van der Waals surface area contributed by atoms with Gasteiger partial charge in [0, 0.05) is 17.3 Å². The van der Waals surface area contributed by atoms with Crippen molar-refractivity contribution in [2.75, 3.05) is 18.4 Å². The van der Waals surface area contributed by atoms with Crippen molar-refractivity contribution < 1.29 is 4.79 Å². The number of aryl methyl sites for hydroxylation is 1. The van der Waals surface area contributed by atoms with E-state index >= 15 is 0 Å². The predicted octanol–water partition coefficient (Wildman–Crippen LogP) is 3.71. The molecule has 1 aliphatic rings. The molecule has 20 heavy (non-hydrogen) atoms. The molecule has 1 heterocycles. The van der Waals surface area contributed by atoms with Gasteiger partial charge in [-0.3, -0.25) is 9.69 Å². The Hall–Kier alpha value is -1.06. The SMILES string of the molecule is Cc1ccc(Cl)cc1NC(=O)[C@H](C)N1CCC[C@H](C)C1. The van der Waals surface area contributed by atoms with Crippen LogP contribution in [0.4, 0.5) is 5.69 Å². The van der Waals surface area contributed by atoms with E-state index in [0.29, 0.717) is 10.9 Å². The number of hydrogen-bond acceptors (Lipinski definition) is 2. The minimum absolute atomic E-state index is 0.0458. The van der Waals surface area contributed by atoms with Gasteiger partial charge in [-0.25, -0.2) is 0 Å². The Kier molecular flexibility index (Phi) is 5.06. The number of anilines is 1. The van der Waals surface area contributed by atoms with E-state index in [1.54, 1.807) is 6.07 Å². The molecule has 0 aromatic heterocycles. The number of amides is 1. The van der Waals surface area contributed by atoms with Crippen LogP contribution in [0.5, 0.6) is 0 Å². The van der Waals surface area contributed by atoms with Crippen LogP contribution in [0, 0.1) is 12.8 Å². The highest BCUT2D eigenvalue weighted by molar-refractivity contribution is 6.31. The number of benzene rings is 1. The normalized spacial score (nSPS) is 21.5. The number of carbonyl (C=O) groups is 1. The van der Waals surface area contributed by atoms with Crippen LogP contribution in [0.3, 0.4) is 0 Å². The van der Waals surface area contributed by atoms with Gasteiger partial charge in [0.05, 0.1) is 6.04 Å². The van der Waals surface area contributed by atoms with Gasteiger partial charge in [-0.1, -0.05) is 24.6 Å². The molecule has 1 fully saturated rings. The zero-order valence-corrected chi connectivity index (χ0v) is 13.2. The van der Waals surface area contributed by atoms with E-state index in [4.69, 9.17) is 11.6 Å².